The average Bonchev–Trinajstić information content (AvgIpc) is 2.88. The first-order valence-electron chi connectivity index (χ1n) is 7.49. The predicted molar refractivity (Wildman–Crippen MR) is 77.2 cm³/mol. The Morgan fingerprint density at radius 2 is 1.95 bits per heavy atom. The molecule has 1 aromatic heterocycles. The molecule has 0 bridgehead atoms. The number of ether oxygens (including phenoxy) is 1. The minimum atomic E-state index is -0.372. The summed E-state index contributed by atoms with van der Waals surface area (Å²) in [4.78, 5) is 4.55. The molecule has 0 aromatic carbocycles. The van der Waals surface area contributed by atoms with E-state index in [1.54, 1.807) is 7.11 Å². The Kier molecular flexibility index (Phi) is 4.49. The summed E-state index contributed by atoms with van der Waals surface area (Å²) >= 11 is 0. The zero-order chi connectivity index (χ0) is 14.8. The molecule has 0 spiro atoms. The molecule has 114 valence electrons. The van der Waals surface area contributed by atoms with E-state index < -0.39 is 0 Å². The van der Waals surface area contributed by atoms with Crippen LogP contribution < -0.4 is 5.73 Å². The highest BCUT2D eigenvalue weighted by Gasteiger charge is 2.43. The Morgan fingerprint density at radius 3 is 2.50 bits per heavy atom. The van der Waals surface area contributed by atoms with Crippen LogP contribution >= 0.6 is 0 Å². The van der Waals surface area contributed by atoms with Crippen molar-refractivity contribution in [2.45, 2.75) is 58.5 Å². The van der Waals surface area contributed by atoms with Crippen LogP contribution in [0.1, 0.15) is 58.2 Å². The predicted octanol–water partition coefficient (Wildman–Crippen LogP) is 2.65. The van der Waals surface area contributed by atoms with E-state index in [1.807, 2.05) is 0 Å². The van der Waals surface area contributed by atoms with Gasteiger partial charge in [-0.15, -0.1) is 0 Å². The number of rotatable bonds is 5. The van der Waals surface area contributed by atoms with E-state index in [0.29, 0.717) is 29.6 Å². The summed E-state index contributed by atoms with van der Waals surface area (Å²) in [5.41, 5.74) is 5.64. The second kappa shape index (κ2) is 5.82. The molecule has 1 heterocycles. The lowest BCUT2D eigenvalue weighted by Gasteiger charge is -2.40. The van der Waals surface area contributed by atoms with Gasteiger partial charge in [0, 0.05) is 13.5 Å². The van der Waals surface area contributed by atoms with Crippen molar-refractivity contribution >= 4 is 0 Å². The first-order chi connectivity index (χ1) is 9.41. The number of hydrogen-bond donors (Lipinski definition) is 1. The van der Waals surface area contributed by atoms with Gasteiger partial charge in [-0.1, -0.05) is 25.9 Å². The summed E-state index contributed by atoms with van der Waals surface area (Å²) in [5.74, 6) is 1.72. The number of nitrogens with two attached hydrogens (primary N) is 1. The van der Waals surface area contributed by atoms with Crippen molar-refractivity contribution in [2.24, 2.45) is 17.1 Å². The molecular formula is C15H27N3O2. The number of methoxy groups -OCH3 is 1. The van der Waals surface area contributed by atoms with Crippen molar-refractivity contribution in [1.29, 1.82) is 0 Å². The molecule has 1 atom stereocenters. The monoisotopic (exact) mass is 281 g/mol. The number of nitrogens with zero attached hydrogens (tertiary/aromatic N) is 2. The highest BCUT2D eigenvalue weighted by atomic mass is 16.5. The Balaban J connectivity index is 2.12. The van der Waals surface area contributed by atoms with Crippen LogP contribution in [0.3, 0.4) is 0 Å². The van der Waals surface area contributed by atoms with E-state index in [1.165, 1.54) is 0 Å². The fourth-order valence-electron chi connectivity index (χ4n) is 2.75. The Bertz CT molecular complexity index is 432. The molecule has 1 saturated carbocycles. The normalized spacial score (nSPS) is 22.6. The van der Waals surface area contributed by atoms with Gasteiger partial charge in [0.15, 0.2) is 0 Å². The molecule has 20 heavy (non-hydrogen) atoms. The van der Waals surface area contributed by atoms with Crippen LogP contribution in [0.5, 0.6) is 0 Å². The summed E-state index contributed by atoms with van der Waals surface area (Å²) in [7, 11) is 1.75. The van der Waals surface area contributed by atoms with Crippen LogP contribution in [0.15, 0.2) is 4.52 Å². The quantitative estimate of drug-likeness (QED) is 0.898. The molecule has 2 N–H and O–H groups in total. The van der Waals surface area contributed by atoms with Crippen LogP contribution in [-0.2, 0) is 16.8 Å². The molecule has 2 rings (SSSR count). The fraction of sp³-hybridized carbons (Fsp3) is 0.867. The van der Waals surface area contributed by atoms with Gasteiger partial charge in [-0.05, 0) is 43.6 Å². The second-order valence-corrected chi connectivity index (χ2v) is 6.92. The Hall–Kier alpha value is -0.940. The van der Waals surface area contributed by atoms with Gasteiger partial charge in [-0.2, -0.15) is 4.98 Å². The maximum Gasteiger partial charge on any atom is 0.227 e. The van der Waals surface area contributed by atoms with Gasteiger partial charge in [0.1, 0.15) is 5.60 Å². The van der Waals surface area contributed by atoms with Crippen molar-refractivity contribution in [2.75, 3.05) is 13.7 Å². The van der Waals surface area contributed by atoms with Crippen molar-refractivity contribution < 1.29 is 9.26 Å². The van der Waals surface area contributed by atoms with Crippen LogP contribution in [0.4, 0.5) is 0 Å². The maximum atomic E-state index is 5.79. The minimum Gasteiger partial charge on any atom is -0.370 e. The Morgan fingerprint density at radius 1 is 1.30 bits per heavy atom. The van der Waals surface area contributed by atoms with E-state index in [0.717, 1.165) is 32.1 Å². The van der Waals surface area contributed by atoms with Crippen molar-refractivity contribution in [3.8, 4) is 0 Å². The summed E-state index contributed by atoms with van der Waals surface area (Å²) in [6, 6.07) is 0. The second-order valence-electron chi connectivity index (χ2n) is 6.92. The third-order valence-electron chi connectivity index (χ3n) is 4.60. The molecule has 0 aliphatic heterocycles. The minimum absolute atomic E-state index is 0.354. The third-order valence-corrected chi connectivity index (χ3v) is 4.60. The molecule has 1 unspecified atom stereocenters. The molecule has 1 fully saturated rings. The lowest BCUT2D eigenvalue weighted by molar-refractivity contribution is -0.0740. The molecule has 0 radical (unpaired) electrons. The summed E-state index contributed by atoms with van der Waals surface area (Å²) in [6.45, 7) is 7.31. The number of hydrogen-bond acceptors (Lipinski definition) is 5. The molecule has 0 amide bonds. The zero-order valence-corrected chi connectivity index (χ0v) is 13.1. The average molecular weight is 281 g/mol. The van der Waals surface area contributed by atoms with Crippen molar-refractivity contribution in [3.63, 3.8) is 0 Å². The van der Waals surface area contributed by atoms with Crippen molar-refractivity contribution in [1.82, 2.24) is 10.1 Å². The lowest BCUT2D eigenvalue weighted by Crippen LogP contribution is -2.37. The summed E-state index contributed by atoms with van der Waals surface area (Å²) < 4.78 is 11.2. The van der Waals surface area contributed by atoms with Gasteiger partial charge >= 0.3 is 0 Å². The smallest absolute Gasteiger partial charge is 0.227 e. The van der Waals surface area contributed by atoms with Crippen LogP contribution in [0.25, 0.3) is 0 Å². The largest absolute Gasteiger partial charge is 0.370 e. The van der Waals surface area contributed by atoms with E-state index >= 15 is 0 Å². The van der Waals surface area contributed by atoms with Gasteiger partial charge in [0.25, 0.3) is 0 Å². The fourth-order valence-corrected chi connectivity index (χ4v) is 2.75. The Labute approximate surface area is 121 Å². The number of aromatic nitrogens is 2. The highest BCUT2D eigenvalue weighted by molar-refractivity contribution is 5.05. The summed E-state index contributed by atoms with van der Waals surface area (Å²) in [6.07, 6.45) is 4.85. The lowest BCUT2D eigenvalue weighted by atomic mass is 9.70. The molecule has 5 nitrogen and oxygen atoms in total. The molecule has 5 heteroatoms. The van der Waals surface area contributed by atoms with Gasteiger partial charge in [0.2, 0.25) is 11.7 Å². The van der Waals surface area contributed by atoms with Crippen LogP contribution in [0.2, 0.25) is 0 Å². The van der Waals surface area contributed by atoms with E-state index in [4.69, 9.17) is 15.0 Å². The summed E-state index contributed by atoms with van der Waals surface area (Å²) in [5, 5.41) is 4.17. The van der Waals surface area contributed by atoms with Gasteiger partial charge in [0.05, 0.1) is 0 Å². The van der Waals surface area contributed by atoms with Gasteiger partial charge in [-0.3, -0.25) is 0 Å². The molecule has 0 saturated heterocycles. The first kappa shape index (κ1) is 15.4. The van der Waals surface area contributed by atoms with Crippen molar-refractivity contribution in [3.05, 3.63) is 11.7 Å². The molecule has 1 aromatic rings. The first-order valence-corrected chi connectivity index (χ1v) is 7.49. The molecule has 1 aliphatic rings. The van der Waals surface area contributed by atoms with Crippen LogP contribution in [-0.4, -0.2) is 23.8 Å². The zero-order valence-electron chi connectivity index (χ0n) is 13.1. The maximum absolute atomic E-state index is 5.79. The highest BCUT2D eigenvalue weighted by Crippen LogP contribution is 2.46. The SMILES string of the molecule is COC1(c2noc(CC(C)CN)n2)CCC(C)(C)CC1. The van der Waals surface area contributed by atoms with Gasteiger partial charge < -0.3 is 15.0 Å². The van der Waals surface area contributed by atoms with E-state index in [9.17, 15) is 0 Å². The van der Waals surface area contributed by atoms with E-state index in [-0.39, 0.29) is 5.60 Å². The topological polar surface area (TPSA) is 74.2 Å². The standard InChI is InChI=1S/C15H27N3O2/c1-11(10-16)9-12-17-13(18-20-12)15(19-4)7-5-14(2,3)6-8-15/h11H,5-10,16H2,1-4H3. The molecule has 1 aliphatic carbocycles. The molecular weight excluding hydrogens is 254 g/mol. The third kappa shape index (κ3) is 3.20. The van der Waals surface area contributed by atoms with E-state index in [2.05, 4.69) is 30.9 Å². The van der Waals surface area contributed by atoms with Gasteiger partial charge in [-0.25, -0.2) is 0 Å². The van der Waals surface area contributed by atoms with Crippen LogP contribution in [0, 0.1) is 11.3 Å².